The molecule has 0 aliphatic rings. The molecule has 0 aliphatic carbocycles. The first kappa shape index (κ1) is 7.36. The third-order valence-corrected chi connectivity index (χ3v) is 1.75. The van der Waals surface area contributed by atoms with Crippen molar-refractivity contribution in [3.8, 4) is 0 Å². The fourth-order valence-corrected chi connectivity index (χ4v) is 0.971. The van der Waals surface area contributed by atoms with Crippen LogP contribution in [0.2, 0.25) is 0 Å². The van der Waals surface area contributed by atoms with E-state index < -0.39 is 0 Å². The lowest BCUT2D eigenvalue weighted by Gasteiger charge is -1.96. The molecule has 56 valence electrons. The van der Waals surface area contributed by atoms with Crippen LogP contribution in [0.1, 0.15) is 0 Å². The summed E-state index contributed by atoms with van der Waals surface area (Å²) < 4.78 is 6.15. The largest absolute Gasteiger partial charge is 0.374 e. The van der Waals surface area contributed by atoms with Crippen LogP contribution in [0.3, 0.4) is 0 Å². The molecule has 0 atom stereocenters. The summed E-state index contributed by atoms with van der Waals surface area (Å²) in [6.45, 7) is 0. The molecule has 0 bridgehead atoms. The van der Waals surface area contributed by atoms with E-state index in [0.717, 1.165) is 0 Å². The monoisotopic (exact) mass is 160 g/mol. The zero-order chi connectivity index (χ0) is 7.40. The molecule has 2 N–H and O–H groups in total. The van der Waals surface area contributed by atoms with Gasteiger partial charge in [-0.1, -0.05) is 11.8 Å². The highest BCUT2D eigenvalue weighted by molar-refractivity contribution is 7.99. The minimum atomic E-state index is 0.538. The Morgan fingerprint density at radius 2 is 2.70 bits per heavy atom. The van der Waals surface area contributed by atoms with Gasteiger partial charge in [-0.2, -0.15) is 0 Å². The van der Waals surface area contributed by atoms with Gasteiger partial charge >= 0.3 is 0 Å². The lowest BCUT2D eigenvalue weighted by atomic mass is 11.2. The number of nitrogens with zero attached hydrogens (tertiary/aromatic N) is 3. The molecule has 1 heterocycles. The zero-order valence-corrected chi connectivity index (χ0v) is 6.34. The normalized spacial score (nSPS) is 10.1. The van der Waals surface area contributed by atoms with Crippen LogP contribution in [-0.2, 0) is 4.74 Å². The van der Waals surface area contributed by atoms with E-state index in [1.54, 1.807) is 7.11 Å². The van der Waals surface area contributed by atoms with E-state index in [-0.39, 0.29) is 0 Å². The van der Waals surface area contributed by atoms with E-state index in [9.17, 15) is 0 Å². The van der Waals surface area contributed by atoms with Crippen molar-refractivity contribution >= 4 is 11.8 Å². The summed E-state index contributed by atoms with van der Waals surface area (Å²) in [5.74, 6) is 5.93. The van der Waals surface area contributed by atoms with Crippen molar-refractivity contribution in [1.82, 2.24) is 14.9 Å². The molecule has 0 radical (unpaired) electrons. The van der Waals surface area contributed by atoms with Crippen LogP contribution >= 0.6 is 11.8 Å². The average Bonchev–Trinajstić information content (AvgIpc) is 2.31. The molecule has 1 rings (SSSR count). The topological polar surface area (TPSA) is 66.0 Å². The van der Waals surface area contributed by atoms with E-state index in [1.165, 1.54) is 22.8 Å². The summed E-state index contributed by atoms with van der Waals surface area (Å²) in [6, 6.07) is 0. The van der Waals surface area contributed by atoms with Gasteiger partial charge in [0.1, 0.15) is 6.33 Å². The molecule has 6 heteroatoms. The van der Waals surface area contributed by atoms with Gasteiger partial charge in [-0.05, 0) is 0 Å². The van der Waals surface area contributed by atoms with Gasteiger partial charge in [-0.15, -0.1) is 10.2 Å². The number of hydrogen-bond donors (Lipinski definition) is 1. The number of methoxy groups -OCH3 is 1. The van der Waals surface area contributed by atoms with Crippen LogP contribution in [0.5, 0.6) is 0 Å². The Labute approximate surface area is 62.5 Å². The number of rotatable bonds is 3. The Bertz CT molecular complexity index is 201. The van der Waals surface area contributed by atoms with E-state index in [4.69, 9.17) is 10.6 Å². The molecule has 1 aromatic rings. The number of aromatic nitrogens is 3. The predicted octanol–water partition coefficient (Wildman–Crippen LogP) is -0.312. The molecular formula is C4H8N4OS. The van der Waals surface area contributed by atoms with Crippen molar-refractivity contribution in [1.29, 1.82) is 0 Å². The maximum absolute atomic E-state index is 5.40. The highest BCUT2D eigenvalue weighted by Gasteiger charge is 1.99. The highest BCUT2D eigenvalue weighted by atomic mass is 32.2. The summed E-state index contributed by atoms with van der Waals surface area (Å²) in [7, 11) is 1.62. The lowest BCUT2D eigenvalue weighted by molar-refractivity contribution is 0.258. The fourth-order valence-electron chi connectivity index (χ4n) is 0.447. The Kier molecular flexibility index (Phi) is 2.52. The zero-order valence-electron chi connectivity index (χ0n) is 5.52. The standard InChI is InChI=1S/C4H8N4OS/c1-9-3-10-4-7-6-2-8(4)5/h2H,3,5H2,1H3. The lowest BCUT2D eigenvalue weighted by Crippen LogP contribution is -2.07. The van der Waals surface area contributed by atoms with Gasteiger partial charge in [-0.25, -0.2) is 4.68 Å². The van der Waals surface area contributed by atoms with Crippen LogP contribution in [0.25, 0.3) is 0 Å². The molecule has 0 saturated carbocycles. The summed E-state index contributed by atoms with van der Waals surface area (Å²) in [5, 5.41) is 7.96. The summed E-state index contributed by atoms with van der Waals surface area (Å²) in [4.78, 5) is 0. The summed E-state index contributed by atoms with van der Waals surface area (Å²) in [5.41, 5.74) is 0. The number of hydrogen-bond acceptors (Lipinski definition) is 5. The second-order valence-corrected chi connectivity index (χ2v) is 2.46. The maximum Gasteiger partial charge on any atom is 0.211 e. The van der Waals surface area contributed by atoms with Crippen molar-refractivity contribution in [2.75, 3.05) is 18.9 Å². The minimum Gasteiger partial charge on any atom is -0.374 e. The molecule has 5 nitrogen and oxygen atoms in total. The average molecular weight is 160 g/mol. The smallest absolute Gasteiger partial charge is 0.211 e. The van der Waals surface area contributed by atoms with Gasteiger partial charge in [0.15, 0.2) is 0 Å². The molecule has 0 spiro atoms. The first-order valence-electron chi connectivity index (χ1n) is 2.61. The molecular weight excluding hydrogens is 152 g/mol. The van der Waals surface area contributed by atoms with E-state index >= 15 is 0 Å². The molecule has 0 aliphatic heterocycles. The van der Waals surface area contributed by atoms with Crippen LogP contribution < -0.4 is 5.84 Å². The van der Waals surface area contributed by atoms with E-state index in [1.807, 2.05) is 0 Å². The molecule has 0 saturated heterocycles. The predicted molar refractivity (Wildman–Crippen MR) is 37.9 cm³/mol. The molecule has 0 unspecified atom stereocenters. The highest BCUT2D eigenvalue weighted by Crippen LogP contribution is 2.10. The second kappa shape index (κ2) is 3.43. The SMILES string of the molecule is COCSc1nncn1N. The van der Waals surface area contributed by atoms with Crippen molar-refractivity contribution < 1.29 is 4.74 Å². The first-order valence-corrected chi connectivity index (χ1v) is 3.60. The van der Waals surface area contributed by atoms with Gasteiger partial charge in [0, 0.05) is 7.11 Å². The molecule has 0 aromatic carbocycles. The number of ether oxygens (including phenoxy) is 1. The number of thioether (sulfide) groups is 1. The van der Waals surface area contributed by atoms with Crippen molar-refractivity contribution in [3.63, 3.8) is 0 Å². The van der Waals surface area contributed by atoms with E-state index in [0.29, 0.717) is 11.1 Å². The molecule has 0 fully saturated rings. The number of nitrogens with two attached hydrogens (primary N) is 1. The van der Waals surface area contributed by atoms with Crippen LogP contribution in [-0.4, -0.2) is 27.9 Å². The Morgan fingerprint density at radius 1 is 1.90 bits per heavy atom. The fraction of sp³-hybridized carbons (Fsp3) is 0.500. The Hall–Kier alpha value is -0.750. The van der Waals surface area contributed by atoms with Gasteiger partial charge in [-0.3, -0.25) is 0 Å². The van der Waals surface area contributed by atoms with Crippen LogP contribution in [0, 0.1) is 0 Å². The minimum absolute atomic E-state index is 0.538. The first-order chi connectivity index (χ1) is 4.84. The van der Waals surface area contributed by atoms with Crippen molar-refractivity contribution in [2.45, 2.75) is 5.16 Å². The van der Waals surface area contributed by atoms with Crippen molar-refractivity contribution in [3.05, 3.63) is 6.33 Å². The summed E-state index contributed by atoms with van der Waals surface area (Å²) >= 11 is 1.40. The summed E-state index contributed by atoms with van der Waals surface area (Å²) in [6.07, 6.45) is 1.44. The van der Waals surface area contributed by atoms with Gasteiger partial charge in [0.25, 0.3) is 0 Å². The molecule has 1 aromatic heterocycles. The van der Waals surface area contributed by atoms with E-state index in [2.05, 4.69) is 10.2 Å². The van der Waals surface area contributed by atoms with Gasteiger partial charge in [0.05, 0.1) is 5.94 Å². The maximum atomic E-state index is 5.40. The van der Waals surface area contributed by atoms with Crippen molar-refractivity contribution in [2.24, 2.45) is 0 Å². The third kappa shape index (κ3) is 1.61. The molecule has 0 amide bonds. The van der Waals surface area contributed by atoms with Crippen LogP contribution in [0.15, 0.2) is 11.5 Å². The number of nitrogen functional groups attached to an aromatic ring is 1. The molecule has 10 heavy (non-hydrogen) atoms. The van der Waals surface area contributed by atoms with Gasteiger partial charge < -0.3 is 10.6 Å². The third-order valence-electron chi connectivity index (χ3n) is 0.846. The van der Waals surface area contributed by atoms with Gasteiger partial charge in [0.2, 0.25) is 5.16 Å². The van der Waals surface area contributed by atoms with Crippen LogP contribution in [0.4, 0.5) is 0 Å². The quantitative estimate of drug-likeness (QED) is 0.373. The Balaban J connectivity index is 2.49. The second-order valence-electron chi connectivity index (χ2n) is 1.57. The Morgan fingerprint density at radius 3 is 3.20 bits per heavy atom.